The first-order valence-electron chi connectivity index (χ1n) is 6.78. The molecule has 0 spiro atoms. The van der Waals surface area contributed by atoms with E-state index in [0.717, 1.165) is 0 Å². The van der Waals surface area contributed by atoms with E-state index in [1.165, 1.54) is 9.75 Å². The Labute approximate surface area is 124 Å². The van der Waals surface area contributed by atoms with Crippen molar-refractivity contribution in [2.45, 2.75) is 36.7 Å². The molecule has 0 bridgehead atoms. The van der Waals surface area contributed by atoms with Crippen LogP contribution in [0.15, 0.2) is 35.0 Å². The second-order valence-corrected chi connectivity index (χ2v) is 7.46. The molecular formula is C14H14N2O2S2. The van der Waals surface area contributed by atoms with Gasteiger partial charge in [-0.25, -0.2) is 0 Å². The van der Waals surface area contributed by atoms with Gasteiger partial charge >= 0.3 is 0 Å². The fourth-order valence-corrected chi connectivity index (χ4v) is 5.07. The van der Waals surface area contributed by atoms with Crippen LogP contribution in [0.25, 0.3) is 0 Å². The predicted octanol–water partition coefficient (Wildman–Crippen LogP) is 1.92. The molecule has 7 atom stereocenters. The van der Waals surface area contributed by atoms with Gasteiger partial charge in [-0.05, 0) is 22.9 Å². The van der Waals surface area contributed by atoms with Gasteiger partial charge in [0.15, 0.2) is 6.29 Å². The molecule has 2 N–H and O–H groups in total. The Hall–Kier alpha value is -0.760. The fraction of sp³-hybridized carbons (Fsp3) is 0.429. The smallest absolute Gasteiger partial charge is 0.174 e. The zero-order chi connectivity index (χ0) is 13.3. The number of fused-ring (bicyclic) bond motifs is 1. The molecule has 0 aliphatic carbocycles. The average molecular weight is 306 g/mol. The van der Waals surface area contributed by atoms with Gasteiger partial charge in [-0.1, -0.05) is 12.1 Å². The summed E-state index contributed by atoms with van der Waals surface area (Å²) in [7, 11) is 0. The summed E-state index contributed by atoms with van der Waals surface area (Å²) < 4.78 is 5.73. The van der Waals surface area contributed by atoms with Crippen LogP contribution in [0.4, 0.5) is 0 Å². The molecule has 0 amide bonds. The minimum Gasteiger partial charge on any atom is -0.366 e. The van der Waals surface area contributed by atoms with Crippen LogP contribution in [-0.2, 0) is 4.74 Å². The van der Waals surface area contributed by atoms with Crippen molar-refractivity contribution >= 4 is 22.7 Å². The maximum atomic E-state index is 10.1. The van der Waals surface area contributed by atoms with Crippen LogP contribution < -0.4 is 5.32 Å². The number of hydrogen-bond donors (Lipinski definition) is 2. The van der Waals surface area contributed by atoms with Gasteiger partial charge in [0.2, 0.25) is 0 Å². The Balaban J connectivity index is 1.36. The van der Waals surface area contributed by atoms with Crippen molar-refractivity contribution in [3.05, 3.63) is 44.8 Å². The first-order valence-corrected chi connectivity index (χ1v) is 8.54. The summed E-state index contributed by atoms with van der Waals surface area (Å²) >= 11 is 3.53. The molecule has 0 aromatic carbocycles. The van der Waals surface area contributed by atoms with Crippen molar-refractivity contribution in [2.24, 2.45) is 0 Å². The molecule has 3 aliphatic heterocycles. The highest BCUT2D eigenvalue weighted by Gasteiger charge is 2.67. The zero-order valence-corrected chi connectivity index (χ0v) is 12.2. The van der Waals surface area contributed by atoms with Crippen molar-refractivity contribution in [2.75, 3.05) is 0 Å². The molecule has 6 heteroatoms. The number of thiophene rings is 2. The van der Waals surface area contributed by atoms with Crippen molar-refractivity contribution in [3.8, 4) is 0 Å². The first kappa shape index (κ1) is 11.9. The van der Waals surface area contributed by atoms with Crippen LogP contribution in [0, 0.1) is 0 Å². The molecule has 4 unspecified atom stereocenters. The molecule has 0 saturated carbocycles. The van der Waals surface area contributed by atoms with E-state index in [0.29, 0.717) is 18.1 Å². The number of aliphatic hydroxyl groups is 1. The molecule has 3 aliphatic rings. The van der Waals surface area contributed by atoms with Crippen LogP contribution in [-0.4, -0.2) is 34.6 Å². The third kappa shape index (κ3) is 1.60. The van der Waals surface area contributed by atoms with Crippen molar-refractivity contribution < 1.29 is 9.84 Å². The van der Waals surface area contributed by atoms with Crippen molar-refractivity contribution in [3.63, 3.8) is 0 Å². The molecule has 104 valence electrons. The lowest BCUT2D eigenvalue weighted by atomic mass is 10.2. The molecule has 2 aromatic rings. The van der Waals surface area contributed by atoms with Crippen LogP contribution >= 0.6 is 22.7 Å². The highest BCUT2D eigenvalue weighted by molar-refractivity contribution is 7.10. The summed E-state index contributed by atoms with van der Waals surface area (Å²) in [5, 5.41) is 17.8. The number of ether oxygens (including phenoxy) is 1. The summed E-state index contributed by atoms with van der Waals surface area (Å²) in [4.78, 5) is 4.99. The third-order valence-electron chi connectivity index (χ3n) is 4.38. The van der Waals surface area contributed by atoms with Gasteiger partial charge < -0.3 is 9.84 Å². The molecule has 2 aromatic heterocycles. The van der Waals surface area contributed by atoms with Gasteiger partial charge in [-0.2, -0.15) is 0 Å². The molecule has 3 saturated heterocycles. The molecule has 4 nitrogen and oxygen atoms in total. The lowest BCUT2D eigenvalue weighted by Crippen LogP contribution is -2.29. The summed E-state index contributed by atoms with van der Waals surface area (Å²) in [5.74, 6) is 0. The Kier molecular flexibility index (Phi) is 2.45. The normalized spacial score (nSPS) is 45.4. The summed E-state index contributed by atoms with van der Waals surface area (Å²) in [6.45, 7) is 0. The quantitative estimate of drug-likeness (QED) is 0.851. The first-order chi connectivity index (χ1) is 9.84. The standard InChI is InChI=1S/C14H14N2O2S2/c17-14-12-11(8-4-2-6-20-8)16(12)13(18-14)10-9(15-10)7-3-1-5-19-7/h1-6,9-15,17H/t9-,10+,11?,12?,13?,14-,16?/m1/s1. The highest BCUT2D eigenvalue weighted by atomic mass is 32.1. The van der Waals surface area contributed by atoms with Crippen LogP contribution in [0.1, 0.15) is 21.8 Å². The van der Waals surface area contributed by atoms with E-state index >= 15 is 0 Å². The number of aliphatic hydroxyl groups excluding tert-OH is 1. The van der Waals surface area contributed by atoms with Crippen molar-refractivity contribution in [1.29, 1.82) is 0 Å². The largest absolute Gasteiger partial charge is 0.366 e. The highest BCUT2D eigenvalue weighted by Crippen LogP contribution is 2.56. The maximum absolute atomic E-state index is 10.1. The third-order valence-corrected chi connectivity index (χ3v) is 6.28. The monoisotopic (exact) mass is 306 g/mol. The number of nitrogens with one attached hydrogen (secondary N) is 1. The minimum atomic E-state index is -0.654. The lowest BCUT2D eigenvalue weighted by Gasteiger charge is -2.16. The topological polar surface area (TPSA) is 54.4 Å². The van der Waals surface area contributed by atoms with E-state index in [4.69, 9.17) is 4.74 Å². The van der Waals surface area contributed by atoms with Crippen LogP contribution in [0.5, 0.6) is 0 Å². The molecule has 5 rings (SSSR count). The Morgan fingerprint density at radius 2 is 1.90 bits per heavy atom. The molecule has 20 heavy (non-hydrogen) atoms. The summed E-state index contributed by atoms with van der Waals surface area (Å²) in [6.07, 6.45) is -0.660. The SMILES string of the molecule is O[C@@H]1OC([C@H]2N[C@@H]2c2cccs2)N2C(c3cccs3)C12. The molecule has 3 fully saturated rings. The van der Waals surface area contributed by atoms with E-state index in [2.05, 4.69) is 45.2 Å². The van der Waals surface area contributed by atoms with Gasteiger partial charge in [-0.15, -0.1) is 22.7 Å². The maximum Gasteiger partial charge on any atom is 0.174 e. The Morgan fingerprint density at radius 1 is 1.15 bits per heavy atom. The molecule has 0 radical (unpaired) electrons. The van der Waals surface area contributed by atoms with Gasteiger partial charge in [-0.3, -0.25) is 10.2 Å². The second kappa shape index (κ2) is 4.13. The van der Waals surface area contributed by atoms with Crippen LogP contribution in [0.3, 0.4) is 0 Å². The van der Waals surface area contributed by atoms with Gasteiger partial charge in [0.05, 0.1) is 24.2 Å². The summed E-state index contributed by atoms with van der Waals surface area (Å²) in [6, 6.07) is 9.63. The predicted molar refractivity (Wildman–Crippen MR) is 77.6 cm³/mol. The molecular weight excluding hydrogens is 292 g/mol. The Morgan fingerprint density at radius 3 is 2.60 bits per heavy atom. The second-order valence-electron chi connectivity index (χ2n) is 5.50. The van der Waals surface area contributed by atoms with Gasteiger partial charge in [0.1, 0.15) is 6.23 Å². The number of nitrogens with zero attached hydrogens (tertiary/aromatic N) is 1. The van der Waals surface area contributed by atoms with Crippen molar-refractivity contribution in [1.82, 2.24) is 10.2 Å². The van der Waals surface area contributed by atoms with E-state index in [-0.39, 0.29) is 12.3 Å². The van der Waals surface area contributed by atoms with Gasteiger partial charge in [0.25, 0.3) is 0 Å². The lowest BCUT2D eigenvalue weighted by molar-refractivity contribution is -0.117. The van der Waals surface area contributed by atoms with Crippen LogP contribution in [0.2, 0.25) is 0 Å². The van der Waals surface area contributed by atoms with E-state index in [1.807, 2.05) is 0 Å². The molecule has 5 heterocycles. The fourth-order valence-electron chi connectivity index (χ4n) is 3.36. The number of hydrogen-bond acceptors (Lipinski definition) is 6. The van der Waals surface area contributed by atoms with E-state index in [1.54, 1.807) is 22.7 Å². The summed E-state index contributed by atoms with van der Waals surface area (Å²) in [5.41, 5.74) is 0. The number of rotatable bonds is 3. The average Bonchev–Trinajstić information content (AvgIpc) is 3.14. The Bertz CT molecular complexity index is 615. The van der Waals surface area contributed by atoms with Gasteiger partial charge in [0, 0.05) is 9.75 Å². The van der Waals surface area contributed by atoms with E-state index < -0.39 is 6.29 Å². The zero-order valence-electron chi connectivity index (χ0n) is 10.5. The van der Waals surface area contributed by atoms with E-state index in [9.17, 15) is 5.11 Å². The minimum absolute atomic E-state index is 0.00537.